The van der Waals surface area contributed by atoms with Crippen molar-refractivity contribution in [3.05, 3.63) is 50.9 Å². The third-order valence-electron chi connectivity index (χ3n) is 3.66. The zero-order chi connectivity index (χ0) is 20.0. The predicted octanol–water partition coefficient (Wildman–Crippen LogP) is 2.92. The van der Waals surface area contributed by atoms with E-state index < -0.39 is 20.0 Å². The van der Waals surface area contributed by atoms with Gasteiger partial charge in [-0.1, -0.05) is 29.3 Å². The molecular weight excluding hydrogens is 455 g/mol. The van der Waals surface area contributed by atoms with Crippen molar-refractivity contribution < 1.29 is 16.8 Å². The van der Waals surface area contributed by atoms with Gasteiger partial charge in [-0.15, -0.1) is 11.3 Å². The monoisotopic (exact) mass is 467 g/mol. The first-order valence-electron chi connectivity index (χ1n) is 7.15. The van der Waals surface area contributed by atoms with Crippen molar-refractivity contribution in [2.24, 2.45) is 10.1 Å². The van der Waals surface area contributed by atoms with Gasteiger partial charge in [0.2, 0.25) is 11.4 Å². The van der Waals surface area contributed by atoms with Crippen LogP contribution in [-0.4, -0.2) is 30.2 Å². The molecule has 0 spiro atoms. The number of nitrogens with two attached hydrogens (primary N) is 1. The Hall–Kier alpha value is -1.47. The summed E-state index contributed by atoms with van der Waals surface area (Å²) in [4.78, 5) is 3.82. The summed E-state index contributed by atoms with van der Waals surface area (Å²) in [5, 5.41) is 6.70. The maximum absolute atomic E-state index is 12.6. The van der Waals surface area contributed by atoms with Crippen molar-refractivity contribution >= 4 is 72.3 Å². The van der Waals surface area contributed by atoms with Crippen molar-refractivity contribution in [2.45, 2.75) is 4.21 Å². The Labute approximate surface area is 170 Å². The molecule has 144 valence electrons. The second-order valence-electron chi connectivity index (χ2n) is 5.73. The third-order valence-corrected chi connectivity index (χ3v) is 7.94. The summed E-state index contributed by atoms with van der Waals surface area (Å²) in [5.41, 5.74) is 0.436. The van der Waals surface area contributed by atoms with E-state index in [0.29, 0.717) is 5.69 Å². The number of primary sulfonamides is 1. The van der Waals surface area contributed by atoms with Gasteiger partial charge in [0, 0.05) is 6.07 Å². The highest BCUT2D eigenvalue weighted by Gasteiger charge is 2.35. The van der Waals surface area contributed by atoms with Gasteiger partial charge in [-0.2, -0.15) is 4.99 Å². The van der Waals surface area contributed by atoms with Crippen molar-refractivity contribution in [3.63, 3.8) is 0 Å². The van der Waals surface area contributed by atoms with Crippen LogP contribution in [0.25, 0.3) is 0 Å². The molecule has 3 N–H and O–H groups in total. The first kappa shape index (κ1) is 20.3. The molecule has 8 nitrogen and oxygen atoms in total. The number of nitrogens with zero attached hydrogens (tertiary/aromatic N) is 2. The normalized spacial score (nSPS) is 19.9. The van der Waals surface area contributed by atoms with Crippen molar-refractivity contribution in [3.8, 4) is 0 Å². The molecule has 13 heteroatoms. The molecule has 1 atom stereocenters. The fourth-order valence-electron chi connectivity index (χ4n) is 2.38. The van der Waals surface area contributed by atoms with E-state index in [1.807, 2.05) is 0 Å². The highest BCUT2D eigenvalue weighted by molar-refractivity contribution is 7.94. The zero-order valence-electron chi connectivity index (χ0n) is 13.6. The molecule has 0 saturated carbocycles. The third kappa shape index (κ3) is 4.04. The summed E-state index contributed by atoms with van der Waals surface area (Å²) in [7, 11) is -6.32. The summed E-state index contributed by atoms with van der Waals surface area (Å²) >= 11 is 13.2. The van der Waals surface area contributed by atoms with E-state index in [9.17, 15) is 16.8 Å². The van der Waals surface area contributed by atoms with Crippen LogP contribution in [0.1, 0.15) is 0 Å². The molecule has 1 aromatic carbocycles. The van der Waals surface area contributed by atoms with Gasteiger partial charge in [0.05, 0.1) is 17.1 Å². The summed E-state index contributed by atoms with van der Waals surface area (Å²) in [5.74, 6) is 0. The zero-order valence-corrected chi connectivity index (χ0v) is 17.6. The van der Waals surface area contributed by atoms with Crippen molar-refractivity contribution in [1.29, 1.82) is 0 Å². The number of anilines is 1. The maximum atomic E-state index is 12.6. The Morgan fingerprint density at radius 3 is 2.41 bits per heavy atom. The molecule has 2 aromatic rings. The number of aliphatic imine (C=N–C) groups is 1. The van der Waals surface area contributed by atoms with Crippen LogP contribution in [0.15, 0.2) is 50.1 Å². The van der Waals surface area contributed by atoms with Gasteiger partial charge in [-0.25, -0.2) is 26.5 Å². The maximum Gasteiger partial charge on any atom is 0.271 e. The molecule has 0 radical (unpaired) electrons. The smallest absolute Gasteiger partial charge is 0.271 e. The first-order valence-corrected chi connectivity index (χ1v) is 11.8. The number of benzene rings is 1. The average Bonchev–Trinajstić information content (AvgIpc) is 3.20. The van der Waals surface area contributed by atoms with Gasteiger partial charge in [0.25, 0.3) is 20.0 Å². The van der Waals surface area contributed by atoms with Crippen LogP contribution in [0.5, 0.6) is 0 Å². The summed E-state index contributed by atoms with van der Waals surface area (Å²) in [6, 6.07) is 5.85. The molecule has 0 amide bonds. The molecule has 0 saturated heterocycles. The SMILES string of the molecule is C[N+]1(c2cc(Cl)c(Cl)cc2NS(=O)(=O)c2cccs2)C=NC(S(N)(=O)=O)=C1. The van der Waals surface area contributed by atoms with Crippen LogP contribution in [0.4, 0.5) is 11.4 Å². The average molecular weight is 468 g/mol. The number of rotatable bonds is 5. The van der Waals surface area contributed by atoms with Gasteiger partial charge in [0.15, 0.2) is 5.69 Å². The van der Waals surface area contributed by atoms with E-state index in [-0.39, 0.29) is 29.5 Å². The molecule has 1 aromatic heterocycles. The molecule has 1 aliphatic rings. The number of halogens is 2. The molecule has 2 heterocycles. The molecule has 1 aliphatic heterocycles. The fraction of sp³-hybridized carbons (Fsp3) is 0.0714. The number of thiophene rings is 1. The molecule has 27 heavy (non-hydrogen) atoms. The second-order valence-corrected chi connectivity index (χ2v) is 10.9. The van der Waals surface area contributed by atoms with Gasteiger partial charge in [-0.3, -0.25) is 4.72 Å². The van der Waals surface area contributed by atoms with Crippen molar-refractivity contribution in [1.82, 2.24) is 4.48 Å². The van der Waals surface area contributed by atoms with Crippen LogP contribution in [0, 0.1) is 0 Å². The molecule has 0 fully saturated rings. The van der Waals surface area contributed by atoms with E-state index in [1.54, 1.807) is 18.5 Å². The van der Waals surface area contributed by atoms with E-state index in [4.69, 9.17) is 28.3 Å². The van der Waals surface area contributed by atoms with Gasteiger partial charge < -0.3 is 0 Å². The van der Waals surface area contributed by atoms with Crippen LogP contribution < -0.4 is 14.3 Å². The number of quaternary nitrogens is 1. The second kappa shape index (κ2) is 6.85. The molecule has 0 bridgehead atoms. The number of sulfonamides is 2. The van der Waals surface area contributed by atoms with Crippen LogP contribution in [0.2, 0.25) is 10.0 Å². The Morgan fingerprint density at radius 1 is 1.19 bits per heavy atom. The predicted molar refractivity (Wildman–Crippen MR) is 109 cm³/mol. The summed E-state index contributed by atoms with van der Waals surface area (Å²) in [6.45, 7) is 0. The molecular formula is C14H13Cl2N4O4S3+. The lowest BCUT2D eigenvalue weighted by atomic mass is 10.2. The Kier molecular flexibility index (Phi) is 5.14. The highest BCUT2D eigenvalue weighted by atomic mass is 35.5. The quantitative estimate of drug-likeness (QED) is 0.656. The number of nitrogens with one attached hydrogen (secondary N) is 1. The lowest BCUT2D eigenvalue weighted by Crippen LogP contribution is -2.36. The Bertz CT molecular complexity index is 1180. The lowest BCUT2D eigenvalue weighted by molar-refractivity contribution is 0.600. The van der Waals surface area contributed by atoms with Gasteiger partial charge in [0.1, 0.15) is 16.1 Å². The van der Waals surface area contributed by atoms with E-state index in [2.05, 4.69) is 9.71 Å². The van der Waals surface area contributed by atoms with Crippen LogP contribution in [-0.2, 0) is 20.0 Å². The van der Waals surface area contributed by atoms with Gasteiger partial charge in [-0.05, 0) is 17.5 Å². The standard InChI is InChI=1S/C14H13Cl2N4O4S3/c1-20(7-13(18-8-20)26(17,21)22)12-6-10(16)9(15)5-11(12)19-27(23,24)14-3-2-4-25-14/h2-8,19H,1H3,(H2,17,21,22)/q+1. The minimum atomic E-state index is -4.03. The summed E-state index contributed by atoms with van der Waals surface area (Å²) in [6.07, 6.45) is 2.56. The van der Waals surface area contributed by atoms with Crippen molar-refractivity contribution in [2.75, 3.05) is 11.8 Å². The first-order chi connectivity index (χ1) is 12.4. The van der Waals surface area contributed by atoms with Crippen LogP contribution in [0.3, 0.4) is 0 Å². The highest BCUT2D eigenvalue weighted by Crippen LogP contribution is 2.40. The minimum Gasteiger partial charge on any atom is -0.273 e. The molecule has 1 unspecified atom stereocenters. The van der Waals surface area contributed by atoms with E-state index in [0.717, 1.165) is 11.3 Å². The topological polar surface area (TPSA) is 119 Å². The van der Waals surface area contributed by atoms with E-state index >= 15 is 0 Å². The largest absolute Gasteiger partial charge is 0.273 e. The number of hydrogen-bond donors (Lipinski definition) is 2. The lowest BCUT2D eigenvalue weighted by Gasteiger charge is -2.24. The molecule has 3 rings (SSSR count). The summed E-state index contributed by atoms with van der Waals surface area (Å²) < 4.78 is 50.6. The molecule has 0 aliphatic carbocycles. The minimum absolute atomic E-state index is 0.109. The fourth-order valence-corrected chi connectivity index (χ4v) is 5.32. The Morgan fingerprint density at radius 2 is 1.85 bits per heavy atom. The van der Waals surface area contributed by atoms with Crippen LogP contribution >= 0.6 is 34.5 Å². The van der Waals surface area contributed by atoms with Gasteiger partial charge >= 0.3 is 0 Å². The van der Waals surface area contributed by atoms with E-state index in [1.165, 1.54) is 30.7 Å². The Balaban J connectivity index is 2.14. The number of hydrogen-bond acceptors (Lipinski definition) is 6.